The van der Waals surface area contributed by atoms with Gasteiger partial charge in [-0.3, -0.25) is 0 Å². The average Bonchev–Trinajstić information content (AvgIpc) is 2.67. The van der Waals surface area contributed by atoms with Crippen molar-refractivity contribution in [3.8, 4) is 0 Å². The topological polar surface area (TPSA) is 70.1 Å². The van der Waals surface area contributed by atoms with E-state index in [0.717, 1.165) is 11.3 Å². The van der Waals surface area contributed by atoms with E-state index in [1.807, 2.05) is 42.5 Å². The van der Waals surface area contributed by atoms with Crippen LogP contribution in [0, 0.1) is 0 Å². The summed E-state index contributed by atoms with van der Waals surface area (Å²) in [6.45, 7) is 0.517. The summed E-state index contributed by atoms with van der Waals surface area (Å²) < 4.78 is 0. The zero-order chi connectivity index (χ0) is 17.3. The fraction of sp³-hybridized carbons (Fsp3) is 0.100. The number of hydrogen-bond acceptors (Lipinski definition) is 5. The van der Waals surface area contributed by atoms with Crippen LogP contribution in [0.1, 0.15) is 11.1 Å². The Kier molecular flexibility index (Phi) is 5.74. The molecule has 2 aromatic carbocycles. The van der Waals surface area contributed by atoms with Gasteiger partial charge in [0.1, 0.15) is 5.82 Å². The molecule has 0 aliphatic rings. The number of aromatic nitrogens is 2. The lowest BCUT2D eigenvalue weighted by Crippen LogP contribution is -2.08. The summed E-state index contributed by atoms with van der Waals surface area (Å²) in [5, 5.41) is 15.0. The Morgan fingerprint density at radius 3 is 2.32 bits per heavy atom. The fourth-order valence-electron chi connectivity index (χ4n) is 2.26. The third-order valence-electron chi connectivity index (χ3n) is 3.51. The van der Waals surface area contributed by atoms with Crippen molar-refractivity contribution >= 4 is 29.6 Å². The molecular formula is C20H20N4O. The van der Waals surface area contributed by atoms with Crippen LogP contribution >= 0.6 is 0 Å². The number of hydrogen-bond donors (Lipinski definition) is 3. The van der Waals surface area contributed by atoms with Crippen molar-refractivity contribution in [3.05, 3.63) is 78.0 Å². The van der Waals surface area contributed by atoms with Crippen molar-refractivity contribution in [1.29, 1.82) is 0 Å². The van der Waals surface area contributed by atoms with Gasteiger partial charge in [0.2, 0.25) is 5.95 Å². The molecule has 126 valence electrons. The maximum Gasteiger partial charge on any atom is 0.229 e. The van der Waals surface area contributed by atoms with E-state index in [4.69, 9.17) is 5.11 Å². The third kappa shape index (κ3) is 5.16. The second-order valence-corrected chi connectivity index (χ2v) is 5.41. The Balaban J connectivity index is 1.64. The Morgan fingerprint density at radius 1 is 0.880 bits per heavy atom. The van der Waals surface area contributed by atoms with E-state index in [-0.39, 0.29) is 6.61 Å². The van der Waals surface area contributed by atoms with E-state index < -0.39 is 0 Å². The number of nitrogens with one attached hydrogen (secondary N) is 2. The number of benzene rings is 2. The summed E-state index contributed by atoms with van der Waals surface area (Å²) in [5.74, 6) is 1.18. The highest BCUT2D eigenvalue weighted by Crippen LogP contribution is 2.16. The summed E-state index contributed by atoms with van der Waals surface area (Å²) in [5.41, 5.74) is 3.20. The van der Waals surface area contributed by atoms with Crippen LogP contribution in [0.15, 0.2) is 66.9 Å². The summed E-state index contributed by atoms with van der Waals surface area (Å²) in [6, 6.07) is 20.0. The van der Waals surface area contributed by atoms with Crippen LogP contribution in [0.25, 0.3) is 12.2 Å². The molecule has 3 aromatic rings. The Morgan fingerprint density at radius 2 is 1.60 bits per heavy atom. The van der Waals surface area contributed by atoms with Gasteiger partial charge in [-0.2, -0.15) is 4.98 Å². The van der Waals surface area contributed by atoms with Gasteiger partial charge in [0.15, 0.2) is 0 Å². The van der Waals surface area contributed by atoms with Gasteiger partial charge in [0, 0.05) is 18.4 Å². The number of rotatable bonds is 7. The standard InChI is InChI=1S/C20H20N4O/c25-15-14-21-19-12-13-22-20(24-19)23-18-10-8-17(9-11-18)7-6-16-4-2-1-3-5-16/h1-13,25H,14-15H2,(H2,21,22,23,24)/b7-6+. The molecule has 0 bridgehead atoms. The average molecular weight is 332 g/mol. The molecule has 0 fully saturated rings. The quantitative estimate of drug-likeness (QED) is 0.574. The van der Waals surface area contributed by atoms with Crippen molar-refractivity contribution in [2.45, 2.75) is 0 Å². The van der Waals surface area contributed by atoms with E-state index in [1.54, 1.807) is 12.3 Å². The van der Waals surface area contributed by atoms with Crippen LogP contribution in [-0.4, -0.2) is 28.2 Å². The minimum absolute atomic E-state index is 0.0602. The van der Waals surface area contributed by atoms with Gasteiger partial charge in [-0.25, -0.2) is 4.98 Å². The highest BCUT2D eigenvalue weighted by molar-refractivity contribution is 5.70. The maximum atomic E-state index is 8.85. The van der Waals surface area contributed by atoms with Crippen LogP contribution in [-0.2, 0) is 0 Å². The Bertz CT molecular complexity index is 817. The summed E-state index contributed by atoms with van der Waals surface area (Å²) in [7, 11) is 0. The summed E-state index contributed by atoms with van der Waals surface area (Å²) in [6.07, 6.45) is 5.84. The van der Waals surface area contributed by atoms with Crippen LogP contribution in [0.5, 0.6) is 0 Å². The molecule has 5 heteroatoms. The molecule has 0 spiro atoms. The largest absolute Gasteiger partial charge is 0.395 e. The summed E-state index contributed by atoms with van der Waals surface area (Å²) in [4.78, 5) is 8.55. The van der Waals surface area contributed by atoms with E-state index in [0.29, 0.717) is 18.3 Å². The molecule has 0 unspecified atom stereocenters. The van der Waals surface area contributed by atoms with Crippen LogP contribution in [0.3, 0.4) is 0 Å². The lowest BCUT2D eigenvalue weighted by Gasteiger charge is -2.07. The molecule has 0 aliphatic carbocycles. The molecule has 0 amide bonds. The fourth-order valence-corrected chi connectivity index (χ4v) is 2.26. The molecule has 0 radical (unpaired) electrons. The minimum atomic E-state index is 0.0602. The smallest absolute Gasteiger partial charge is 0.229 e. The van der Waals surface area contributed by atoms with Crippen LogP contribution in [0.4, 0.5) is 17.5 Å². The first-order valence-corrected chi connectivity index (χ1v) is 8.11. The lowest BCUT2D eigenvalue weighted by atomic mass is 10.1. The predicted molar refractivity (Wildman–Crippen MR) is 103 cm³/mol. The minimum Gasteiger partial charge on any atom is -0.395 e. The normalized spacial score (nSPS) is 10.8. The van der Waals surface area contributed by atoms with Gasteiger partial charge in [-0.15, -0.1) is 0 Å². The zero-order valence-electron chi connectivity index (χ0n) is 13.8. The van der Waals surface area contributed by atoms with Crippen LogP contribution < -0.4 is 10.6 Å². The maximum absolute atomic E-state index is 8.85. The molecular weight excluding hydrogens is 312 g/mol. The number of aliphatic hydroxyl groups excluding tert-OH is 1. The van der Waals surface area contributed by atoms with Gasteiger partial charge in [0.05, 0.1) is 6.61 Å². The van der Waals surface area contributed by atoms with E-state index in [2.05, 4.69) is 44.9 Å². The van der Waals surface area contributed by atoms with E-state index in [1.165, 1.54) is 5.56 Å². The first-order chi connectivity index (χ1) is 12.3. The highest BCUT2D eigenvalue weighted by Gasteiger charge is 2.00. The second-order valence-electron chi connectivity index (χ2n) is 5.41. The zero-order valence-corrected chi connectivity index (χ0v) is 13.8. The van der Waals surface area contributed by atoms with Crippen LogP contribution in [0.2, 0.25) is 0 Å². The molecule has 25 heavy (non-hydrogen) atoms. The molecule has 0 atom stereocenters. The van der Waals surface area contributed by atoms with Gasteiger partial charge in [-0.05, 0) is 29.3 Å². The van der Waals surface area contributed by atoms with E-state index in [9.17, 15) is 0 Å². The van der Waals surface area contributed by atoms with E-state index >= 15 is 0 Å². The number of anilines is 3. The number of aliphatic hydroxyl groups is 1. The molecule has 0 saturated carbocycles. The molecule has 0 aliphatic heterocycles. The Labute approximate surface area is 147 Å². The van der Waals surface area contributed by atoms with Gasteiger partial charge in [0.25, 0.3) is 0 Å². The number of nitrogens with zero attached hydrogens (tertiary/aromatic N) is 2. The second kappa shape index (κ2) is 8.61. The molecule has 1 heterocycles. The molecule has 3 rings (SSSR count). The SMILES string of the molecule is OCCNc1ccnc(Nc2ccc(/C=C/c3ccccc3)cc2)n1. The highest BCUT2D eigenvalue weighted by atomic mass is 16.3. The van der Waals surface area contributed by atoms with Crippen molar-refractivity contribution in [3.63, 3.8) is 0 Å². The Hall–Kier alpha value is -3.18. The predicted octanol–water partition coefficient (Wildman–Crippen LogP) is 3.79. The first-order valence-electron chi connectivity index (χ1n) is 8.11. The summed E-state index contributed by atoms with van der Waals surface area (Å²) >= 11 is 0. The first kappa shape index (κ1) is 16.7. The monoisotopic (exact) mass is 332 g/mol. The molecule has 0 saturated heterocycles. The van der Waals surface area contributed by atoms with Gasteiger partial charge >= 0.3 is 0 Å². The van der Waals surface area contributed by atoms with Gasteiger partial charge < -0.3 is 15.7 Å². The van der Waals surface area contributed by atoms with Crippen molar-refractivity contribution in [2.24, 2.45) is 0 Å². The molecule has 1 aromatic heterocycles. The molecule has 5 nitrogen and oxygen atoms in total. The van der Waals surface area contributed by atoms with Crippen molar-refractivity contribution in [1.82, 2.24) is 9.97 Å². The third-order valence-corrected chi connectivity index (χ3v) is 3.51. The lowest BCUT2D eigenvalue weighted by molar-refractivity contribution is 0.311. The van der Waals surface area contributed by atoms with Crippen molar-refractivity contribution < 1.29 is 5.11 Å². The van der Waals surface area contributed by atoms with Gasteiger partial charge in [-0.1, -0.05) is 54.6 Å². The van der Waals surface area contributed by atoms with Crippen molar-refractivity contribution in [2.75, 3.05) is 23.8 Å². The molecule has 3 N–H and O–H groups in total.